The molecule has 0 radical (unpaired) electrons. The van der Waals surface area contributed by atoms with E-state index in [9.17, 15) is 9.59 Å². The zero-order chi connectivity index (χ0) is 17.4. The molecule has 6 heteroatoms. The van der Waals surface area contributed by atoms with Crippen LogP contribution in [0.15, 0.2) is 47.3 Å². The highest BCUT2D eigenvalue weighted by Crippen LogP contribution is 2.02. The Morgan fingerprint density at radius 1 is 1.21 bits per heavy atom. The van der Waals surface area contributed by atoms with E-state index in [1.165, 1.54) is 16.8 Å². The number of nitrogens with one attached hydrogen (secondary N) is 1. The van der Waals surface area contributed by atoms with E-state index in [0.717, 1.165) is 13.0 Å². The molecule has 1 aromatic carbocycles. The van der Waals surface area contributed by atoms with Crippen LogP contribution in [-0.2, 0) is 4.74 Å². The Balaban J connectivity index is 1.92. The van der Waals surface area contributed by atoms with Gasteiger partial charge in [-0.05, 0) is 30.5 Å². The molecule has 2 rings (SSSR count). The molecule has 0 saturated carbocycles. The van der Waals surface area contributed by atoms with Gasteiger partial charge in [0.25, 0.3) is 11.5 Å². The van der Waals surface area contributed by atoms with Gasteiger partial charge in [-0.15, -0.1) is 0 Å². The molecule has 6 nitrogen and oxygen atoms in total. The van der Waals surface area contributed by atoms with E-state index in [1.54, 1.807) is 12.1 Å². The number of carbonyl (C=O) groups is 1. The molecule has 0 aliphatic rings. The Kier molecular flexibility index (Phi) is 6.69. The van der Waals surface area contributed by atoms with Crippen molar-refractivity contribution in [3.05, 3.63) is 58.5 Å². The lowest BCUT2D eigenvalue weighted by Crippen LogP contribution is -2.30. The smallest absolute Gasteiger partial charge is 0.271 e. The summed E-state index contributed by atoms with van der Waals surface area (Å²) in [6, 6.07) is 11.8. The minimum atomic E-state index is -0.302. The summed E-state index contributed by atoms with van der Waals surface area (Å²) in [5, 5.41) is 6.93. The van der Waals surface area contributed by atoms with Crippen molar-refractivity contribution in [1.29, 1.82) is 0 Å². The lowest BCUT2D eigenvalue weighted by Gasteiger charge is -2.09. The third-order valence-corrected chi connectivity index (χ3v) is 3.24. The maximum Gasteiger partial charge on any atom is 0.271 e. The number of para-hydroxylation sites is 1. The maximum atomic E-state index is 12.2. The zero-order valence-corrected chi connectivity index (χ0v) is 14.1. The Bertz CT molecular complexity index is 711. The molecule has 24 heavy (non-hydrogen) atoms. The summed E-state index contributed by atoms with van der Waals surface area (Å²) in [7, 11) is 0. The molecule has 1 aromatic heterocycles. The van der Waals surface area contributed by atoms with Crippen molar-refractivity contribution >= 4 is 5.91 Å². The van der Waals surface area contributed by atoms with E-state index in [1.807, 2.05) is 18.2 Å². The molecular formula is C18H23N3O3. The molecule has 0 fully saturated rings. The number of ether oxygens (including phenoxy) is 1. The third-order valence-electron chi connectivity index (χ3n) is 3.24. The summed E-state index contributed by atoms with van der Waals surface area (Å²) in [4.78, 5) is 24.1. The normalized spacial score (nSPS) is 10.8. The SMILES string of the molecule is CC(C)COCCCNC(=O)c1ccc(=O)n(-c2ccccc2)n1. The van der Waals surface area contributed by atoms with Crippen molar-refractivity contribution in [1.82, 2.24) is 15.1 Å². The first-order valence-corrected chi connectivity index (χ1v) is 8.09. The predicted octanol–water partition coefficient (Wildman–Crippen LogP) is 2.02. The van der Waals surface area contributed by atoms with Crippen molar-refractivity contribution in [2.24, 2.45) is 5.92 Å². The van der Waals surface area contributed by atoms with Gasteiger partial charge in [-0.25, -0.2) is 0 Å². The van der Waals surface area contributed by atoms with Gasteiger partial charge >= 0.3 is 0 Å². The Hall–Kier alpha value is -2.47. The van der Waals surface area contributed by atoms with Crippen molar-refractivity contribution in [3.63, 3.8) is 0 Å². The first kappa shape index (κ1) is 17.9. The van der Waals surface area contributed by atoms with Crippen molar-refractivity contribution < 1.29 is 9.53 Å². The summed E-state index contributed by atoms with van der Waals surface area (Å²) in [6.07, 6.45) is 0.733. The van der Waals surface area contributed by atoms with Crippen LogP contribution in [0.4, 0.5) is 0 Å². The van der Waals surface area contributed by atoms with Crippen molar-refractivity contribution in [2.75, 3.05) is 19.8 Å². The molecule has 0 atom stereocenters. The van der Waals surface area contributed by atoms with Crippen LogP contribution >= 0.6 is 0 Å². The lowest BCUT2D eigenvalue weighted by atomic mass is 10.2. The molecule has 1 N–H and O–H groups in total. The van der Waals surface area contributed by atoms with Crippen LogP contribution in [-0.4, -0.2) is 35.4 Å². The number of aromatic nitrogens is 2. The average Bonchev–Trinajstić information content (AvgIpc) is 2.58. The van der Waals surface area contributed by atoms with Crippen molar-refractivity contribution in [3.8, 4) is 5.69 Å². The Morgan fingerprint density at radius 3 is 2.67 bits per heavy atom. The largest absolute Gasteiger partial charge is 0.381 e. The highest BCUT2D eigenvalue weighted by Gasteiger charge is 2.10. The fourth-order valence-electron chi connectivity index (χ4n) is 2.07. The van der Waals surface area contributed by atoms with Gasteiger partial charge in [0.1, 0.15) is 5.69 Å². The molecule has 0 aliphatic carbocycles. The van der Waals surface area contributed by atoms with Crippen molar-refractivity contribution in [2.45, 2.75) is 20.3 Å². The van der Waals surface area contributed by atoms with Crippen LogP contribution in [0.25, 0.3) is 5.69 Å². The standard InChI is InChI=1S/C18H23N3O3/c1-14(2)13-24-12-6-11-19-18(23)16-9-10-17(22)21(20-16)15-7-4-3-5-8-15/h3-5,7-10,14H,6,11-13H2,1-2H3,(H,19,23). The fourth-order valence-corrected chi connectivity index (χ4v) is 2.07. The summed E-state index contributed by atoms with van der Waals surface area (Å²) < 4.78 is 6.69. The number of rotatable bonds is 8. The van der Waals surface area contributed by atoms with Crippen LogP contribution in [0.1, 0.15) is 30.8 Å². The highest BCUT2D eigenvalue weighted by atomic mass is 16.5. The molecule has 1 heterocycles. The summed E-state index contributed by atoms with van der Waals surface area (Å²) >= 11 is 0. The molecule has 0 unspecified atom stereocenters. The van der Waals surface area contributed by atoms with Crippen LogP contribution in [0.5, 0.6) is 0 Å². The number of nitrogens with zero attached hydrogens (tertiary/aromatic N) is 2. The fraction of sp³-hybridized carbons (Fsp3) is 0.389. The molecule has 128 valence electrons. The predicted molar refractivity (Wildman–Crippen MR) is 92.4 cm³/mol. The van der Waals surface area contributed by atoms with Gasteiger partial charge in [-0.3, -0.25) is 9.59 Å². The summed E-state index contributed by atoms with van der Waals surface area (Å²) in [5.74, 6) is 0.200. The topological polar surface area (TPSA) is 73.2 Å². The summed E-state index contributed by atoms with van der Waals surface area (Å²) in [5.41, 5.74) is 0.556. The quantitative estimate of drug-likeness (QED) is 0.752. The average molecular weight is 329 g/mol. The minimum Gasteiger partial charge on any atom is -0.381 e. The second kappa shape index (κ2) is 8.98. The van der Waals surface area contributed by atoms with Gasteiger partial charge in [0.2, 0.25) is 0 Å². The van der Waals surface area contributed by atoms with Gasteiger partial charge in [0.05, 0.1) is 5.69 Å². The van der Waals surface area contributed by atoms with E-state index in [2.05, 4.69) is 24.3 Å². The molecule has 0 aliphatic heterocycles. The molecule has 0 saturated heterocycles. The van der Waals surface area contributed by atoms with Crippen LogP contribution in [0.3, 0.4) is 0 Å². The first-order chi connectivity index (χ1) is 11.6. The second-order valence-electron chi connectivity index (χ2n) is 5.88. The molecule has 2 aromatic rings. The van der Waals surface area contributed by atoms with Crippen LogP contribution in [0.2, 0.25) is 0 Å². The Morgan fingerprint density at radius 2 is 1.96 bits per heavy atom. The number of hydrogen-bond acceptors (Lipinski definition) is 4. The monoisotopic (exact) mass is 329 g/mol. The van der Waals surface area contributed by atoms with Gasteiger partial charge in [0, 0.05) is 25.8 Å². The minimum absolute atomic E-state index is 0.210. The third kappa shape index (κ3) is 5.31. The number of hydrogen-bond donors (Lipinski definition) is 1. The molecule has 0 bridgehead atoms. The second-order valence-corrected chi connectivity index (χ2v) is 5.88. The van der Waals surface area contributed by atoms with Gasteiger partial charge in [0.15, 0.2) is 0 Å². The van der Waals surface area contributed by atoms with Gasteiger partial charge < -0.3 is 10.1 Å². The molecule has 1 amide bonds. The maximum absolute atomic E-state index is 12.2. The highest BCUT2D eigenvalue weighted by molar-refractivity contribution is 5.92. The zero-order valence-electron chi connectivity index (χ0n) is 14.1. The summed E-state index contributed by atoms with van der Waals surface area (Å²) in [6.45, 7) is 6.01. The number of carbonyl (C=O) groups excluding carboxylic acids is 1. The molecule has 0 spiro atoms. The van der Waals surface area contributed by atoms with Crippen LogP contribution < -0.4 is 10.9 Å². The molecular weight excluding hydrogens is 306 g/mol. The van der Waals surface area contributed by atoms with E-state index < -0.39 is 0 Å². The van der Waals surface area contributed by atoms with E-state index >= 15 is 0 Å². The van der Waals surface area contributed by atoms with Crippen LogP contribution in [0, 0.1) is 5.92 Å². The number of benzene rings is 1. The van der Waals surface area contributed by atoms with Gasteiger partial charge in [-0.1, -0.05) is 32.0 Å². The van der Waals surface area contributed by atoms with E-state index in [-0.39, 0.29) is 17.2 Å². The van der Waals surface area contributed by atoms with E-state index in [4.69, 9.17) is 4.74 Å². The first-order valence-electron chi connectivity index (χ1n) is 8.09. The lowest BCUT2D eigenvalue weighted by molar-refractivity contribution is 0.0919. The Labute approximate surface area is 141 Å². The van der Waals surface area contributed by atoms with Gasteiger partial charge in [-0.2, -0.15) is 9.78 Å². The number of amides is 1. The van der Waals surface area contributed by atoms with E-state index in [0.29, 0.717) is 24.8 Å².